The lowest BCUT2D eigenvalue weighted by Crippen LogP contribution is -2.15. The minimum absolute atomic E-state index is 0.293. The molecule has 0 saturated carbocycles. The van der Waals surface area contributed by atoms with E-state index in [1.165, 1.54) is 77.0 Å². The summed E-state index contributed by atoms with van der Waals surface area (Å²) >= 11 is 0. The van der Waals surface area contributed by atoms with Crippen molar-refractivity contribution < 1.29 is 19.1 Å². The van der Waals surface area contributed by atoms with E-state index >= 15 is 0 Å². The van der Waals surface area contributed by atoms with Crippen molar-refractivity contribution in [1.82, 2.24) is 0 Å². The fourth-order valence-electron chi connectivity index (χ4n) is 3.59. The van der Waals surface area contributed by atoms with Gasteiger partial charge in [0.05, 0.1) is 24.3 Å². The molecule has 0 N–H and O–H groups in total. The first-order chi connectivity index (χ1) is 16.6. The Kier molecular flexibility index (Phi) is 23.0. The van der Waals surface area contributed by atoms with Crippen molar-refractivity contribution in [3.63, 3.8) is 0 Å². The smallest absolute Gasteiger partial charge is 0.339 e. The van der Waals surface area contributed by atoms with Crippen LogP contribution in [0, 0.1) is 0 Å². The van der Waals surface area contributed by atoms with Crippen molar-refractivity contribution in [2.75, 3.05) is 13.2 Å². The van der Waals surface area contributed by atoms with Crippen molar-refractivity contribution in [2.45, 2.75) is 130 Å². The van der Waals surface area contributed by atoms with E-state index in [1.807, 2.05) is 0 Å². The van der Waals surface area contributed by atoms with Gasteiger partial charge in [0.15, 0.2) is 0 Å². The zero-order valence-corrected chi connectivity index (χ0v) is 22.7. The summed E-state index contributed by atoms with van der Waals surface area (Å²) in [6.45, 7) is 9.64. The Bertz CT molecular complexity index is 559. The van der Waals surface area contributed by atoms with E-state index < -0.39 is 11.9 Å². The molecule has 1 aromatic carbocycles. The van der Waals surface area contributed by atoms with Crippen molar-refractivity contribution in [3.05, 3.63) is 35.4 Å². The first kappa shape index (κ1) is 32.2. The van der Waals surface area contributed by atoms with Crippen molar-refractivity contribution in [3.8, 4) is 0 Å². The van der Waals surface area contributed by atoms with E-state index in [-0.39, 0.29) is 0 Å². The molecule has 0 bridgehead atoms. The lowest BCUT2D eigenvalue weighted by Gasteiger charge is -2.10. The first-order valence-corrected chi connectivity index (χ1v) is 14.0. The first-order valence-electron chi connectivity index (χ1n) is 14.0. The molecule has 34 heavy (non-hydrogen) atoms. The molecule has 0 radical (unpaired) electrons. The molecule has 0 spiro atoms. The molecule has 0 saturated heterocycles. The van der Waals surface area contributed by atoms with E-state index in [9.17, 15) is 9.59 Å². The SMILES string of the molecule is CCCCCC.CCCCCCCCOC(=O)c1ccccc1C(=O)OCCCCCCCC. The molecule has 0 unspecified atom stereocenters. The third-order valence-electron chi connectivity index (χ3n) is 5.79. The van der Waals surface area contributed by atoms with Gasteiger partial charge in [-0.25, -0.2) is 9.59 Å². The Morgan fingerprint density at radius 2 is 0.794 bits per heavy atom. The van der Waals surface area contributed by atoms with Crippen LogP contribution in [0.15, 0.2) is 24.3 Å². The van der Waals surface area contributed by atoms with E-state index in [0.29, 0.717) is 24.3 Å². The summed E-state index contributed by atoms with van der Waals surface area (Å²) in [5.74, 6) is -0.888. The Morgan fingerprint density at radius 1 is 0.500 bits per heavy atom. The molecule has 4 heteroatoms. The second-order valence-electron chi connectivity index (χ2n) is 9.06. The second-order valence-corrected chi connectivity index (χ2v) is 9.06. The van der Waals surface area contributed by atoms with E-state index in [4.69, 9.17) is 9.47 Å². The van der Waals surface area contributed by atoms with Gasteiger partial charge in [-0.05, 0) is 25.0 Å². The molecular weight excluding hydrogens is 424 g/mol. The van der Waals surface area contributed by atoms with Gasteiger partial charge in [0.25, 0.3) is 0 Å². The van der Waals surface area contributed by atoms with Crippen LogP contribution in [0.5, 0.6) is 0 Å². The van der Waals surface area contributed by atoms with Gasteiger partial charge in [0.1, 0.15) is 0 Å². The molecule has 0 amide bonds. The predicted octanol–water partition coefficient (Wildman–Crippen LogP) is 9.31. The molecule has 0 fully saturated rings. The molecular formula is C30H52O4. The van der Waals surface area contributed by atoms with E-state index in [2.05, 4.69) is 27.7 Å². The maximum atomic E-state index is 12.4. The highest BCUT2D eigenvalue weighted by Gasteiger charge is 2.18. The Morgan fingerprint density at radius 3 is 1.15 bits per heavy atom. The summed E-state index contributed by atoms with van der Waals surface area (Å²) in [7, 11) is 0. The minimum Gasteiger partial charge on any atom is -0.462 e. The Balaban J connectivity index is 0.00000160. The van der Waals surface area contributed by atoms with Crippen LogP contribution in [0.4, 0.5) is 0 Å². The topological polar surface area (TPSA) is 52.6 Å². The van der Waals surface area contributed by atoms with Gasteiger partial charge in [0, 0.05) is 0 Å². The molecule has 0 atom stereocenters. The molecule has 4 nitrogen and oxygen atoms in total. The average molecular weight is 477 g/mol. The average Bonchev–Trinajstić information content (AvgIpc) is 2.86. The number of ether oxygens (including phenoxy) is 2. The molecule has 0 heterocycles. The van der Waals surface area contributed by atoms with Gasteiger partial charge < -0.3 is 9.47 Å². The lowest BCUT2D eigenvalue weighted by molar-refractivity contribution is 0.0450. The van der Waals surface area contributed by atoms with E-state index in [0.717, 1.165) is 25.7 Å². The Hall–Kier alpha value is -1.84. The van der Waals surface area contributed by atoms with Crippen molar-refractivity contribution in [2.24, 2.45) is 0 Å². The third kappa shape index (κ3) is 17.6. The van der Waals surface area contributed by atoms with Crippen LogP contribution >= 0.6 is 0 Å². The van der Waals surface area contributed by atoms with Gasteiger partial charge in [-0.1, -0.05) is 130 Å². The standard InChI is InChI=1S/C24H38O4.C6H14/c1-3-5-7-9-11-15-19-27-23(25)21-17-13-14-18-22(21)24(26)28-20-16-12-10-8-6-4-2;1-3-5-6-4-2/h13-14,17-18H,3-12,15-16,19-20H2,1-2H3;3-6H2,1-2H3. The highest BCUT2D eigenvalue weighted by molar-refractivity contribution is 6.03. The minimum atomic E-state index is -0.444. The molecule has 0 aromatic heterocycles. The van der Waals surface area contributed by atoms with Crippen LogP contribution < -0.4 is 0 Å². The molecule has 196 valence electrons. The molecule has 0 aliphatic heterocycles. The zero-order valence-electron chi connectivity index (χ0n) is 22.7. The summed E-state index contributed by atoms with van der Waals surface area (Å²) < 4.78 is 10.7. The number of carbonyl (C=O) groups is 2. The Labute approximate surface area is 210 Å². The number of benzene rings is 1. The number of unbranched alkanes of at least 4 members (excludes halogenated alkanes) is 13. The van der Waals surface area contributed by atoms with Crippen LogP contribution in [0.1, 0.15) is 151 Å². The van der Waals surface area contributed by atoms with Gasteiger partial charge >= 0.3 is 11.9 Å². The van der Waals surface area contributed by atoms with Gasteiger partial charge in [-0.2, -0.15) is 0 Å². The third-order valence-corrected chi connectivity index (χ3v) is 5.79. The van der Waals surface area contributed by atoms with Gasteiger partial charge in [0.2, 0.25) is 0 Å². The van der Waals surface area contributed by atoms with Crippen LogP contribution in [-0.2, 0) is 9.47 Å². The van der Waals surface area contributed by atoms with Crippen LogP contribution in [0.2, 0.25) is 0 Å². The molecule has 1 aromatic rings. The largest absolute Gasteiger partial charge is 0.462 e. The molecule has 0 aliphatic rings. The quantitative estimate of drug-likeness (QED) is 0.147. The zero-order chi connectivity index (χ0) is 25.3. The maximum absolute atomic E-state index is 12.4. The number of hydrogen-bond acceptors (Lipinski definition) is 4. The van der Waals surface area contributed by atoms with Crippen molar-refractivity contribution >= 4 is 11.9 Å². The summed E-state index contributed by atoms with van der Waals surface area (Å²) in [6, 6.07) is 6.74. The van der Waals surface area contributed by atoms with E-state index in [1.54, 1.807) is 24.3 Å². The monoisotopic (exact) mass is 476 g/mol. The molecule has 0 aliphatic carbocycles. The second kappa shape index (κ2) is 24.3. The predicted molar refractivity (Wildman–Crippen MR) is 144 cm³/mol. The summed E-state index contributed by atoms with van der Waals surface area (Å²) in [5.41, 5.74) is 0.586. The van der Waals surface area contributed by atoms with Crippen LogP contribution in [0.25, 0.3) is 0 Å². The van der Waals surface area contributed by atoms with Crippen LogP contribution in [-0.4, -0.2) is 25.2 Å². The number of esters is 2. The fourth-order valence-corrected chi connectivity index (χ4v) is 3.59. The number of rotatable bonds is 19. The van der Waals surface area contributed by atoms with Gasteiger partial charge in [-0.3, -0.25) is 0 Å². The summed E-state index contributed by atoms with van der Waals surface area (Å²) in [5, 5.41) is 0. The fraction of sp³-hybridized carbons (Fsp3) is 0.733. The highest BCUT2D eigenvalue weighted by Crippen LogP contribution is 2.14. The van der Waals surface area contributed by atoms with Gasteiger partial charge in [-0.15, -0.1) is 0 Å². The number of hydrogen-bond donors (Lipinski definition) is 0. The highest BCUT2D eigenvalue weighted by atomic mass is 16.5. The van der Waals surface area contributed by atoms with Crippen LogP contribution in [0.3, 0.4) is 0 Å². The normalized spacial score (nSPS) is 10.4. The molecule has 1 rings (SSSR count). The van der Waals surface area contributed by atoms with Crippen molar-refractivity contribution in [1.29, 1.82) is 0 Å². The number of carbonyl (C=O) groups excluding carboxylic acids is 2. The lowest BCUT2D eigenvalue weighted by atomic mass is 10.1. The summed E-state index contributed by atoms with van der Waals surface area (Å²) in [4.78, 5) is 24.7. The summed E-state index contributed by atoms with van der Waals surface area (Å²) in [6.07, 6.45) is 19.2. The maximum Gasteiger partial charge on any atom is 0.339 e.